The monoisotopic (exact) mass is 573 g/mol. The molecule has 0 saturated heterocycles. The van der Waals surface area contributed by atoms with Crippen LogP contribution in [-0.2, 0) is 25.7 Å². The van der Waals surface area contributed by atoms with Crippen molar-refractivity contribution >= 4 is 0 Å². The van der Waals surface area contributed by atoms with Gasteiger partial charge in [0, 0.05) is 0 Å². The molecule has 0 bridgehead atoms. The molecule has 0 aromatic heterocycles. The number of benzene rings is 4. The summed E-state index contributed by atoms with van der Waals surface area (Å²) >= 11 is 0. The van der Waals surface area contributed by atoms with Crippen LogP contribution in [0.5, 0.6) is 0 Å². The maximum atomic E-state index is 3.66. The van der Waals surface area contributed by atoms with E-state index in [0.717, 1.165) is 25.9 Å². The minimum Gasteiger partial charge on any atom is -0.317 e. The lowest BCUT2D eigenvalue weighted by Crippen LogP contribution is -2.16. The molecule has 1 nitrogen and oxygen atoms in total. The molecule has 4 aromatic carbocycles. The Morgan fingerprint density at radius 1 is 0.326 bits per heavy atom. The third kappa shape index (κ3) is 11.8. The molecule has 0 unspecified atom stereocenters. The number of rotatable bonds is 20. The summed E-state index contributed by atoms with van der Waals surface area (Å²) in [5.74, 6) is 0. The van der Waals surface area contributed by atoms with Crippen LogP contribution in [0.1, 0.15) is 100 Å². The van der Waals surface area contributed by atoms with E-state index in [1.807, 2.05) is 0 Å². The molecule has 4 aromatic rings. The Hall–Kier alpha value is -3.16. The number of nitrogens with one attached hydrogen (secondary N) is 1. The highest BCUT2D eigenvalue weighted by Crippen LogP contribution is 2.23. The average Bonchev–Trinajstić information content (AvgIpc) is 3.05. The Morgan fingerprint density at radius 2 is 0.581 bits per heavy atom. The molecule has 0 heterocycles. The summed E-state index contributed by atoms with van der Waals surface area (Å²) in [5.41, 5.74) is 11.1. The fourth-order valence-corrected chi connectivity index (χ4v) is 5.90. The predicted octanol–water partition coefficient (Wildman–Crippen LogP) is 11.4. The van der Waals surface area contributed by atoms with Crippen LogP contribution in [0, 0.1) is 0 Å². The molecule has 0 fully saturated rings. The van der Waals surface area contributed by atoms with Gasteiger partial charge in [-0.3, -0.25) is 0 Å². The second-order valence-corrected chi connectivity index (χ2v) is 12.4. The van der Waals surface area contributed by atoms with Crippen LogP contribution in [0.3, 0.4) is 0 Å². The lowest BCUT2D eigenvalue weighted by molar-refractivity contribution is 0.589. The van der Waals surface area contributed by atoms with Crippen molar-refractivity contribution in [2.75, 3.05) is 13.1 Å². The van der Waals surface area contributed by atoms with Gasteiger partial charge in [-0.15, -0.1) is 0 Å². The number of unbranched alkanes of at least 4 members (excludes halogenated alkanes) is 6. The predicted molar refractivity (Wildman–Crippen MR) is 189 cm³/mol. The lowest BCUT2D eigenvalue weighted by atomic mass is 9.99. The topological polar surface area (TPSA) is 12.0 Å². The number of hydrogen-bond donors (Lipinski definition) is 1. The zero-order valence-corrected chi connectivity index (χ0v) is 27.1. The van der Waals surface area contributed by atoms with Crippen molar-refractivity contribution in [2.45, 2.75) is 104 Å². The first-order chi connectivity index (χ1) is 21.2. The van der Waals surface area contributed by atoms with E-state index < -0.39 is 0 Å². The number of hydrogen-bond acceptors (Lipinski definition) is 1. The zero-order valence-electron chi connectivity index (χ0n) is 27.1. The molecule has 0 amide bonds. The highest BCUT2D eigenvalue weighted by atomic mass is 14.8. The first-order valence-electron chi connectivity index (χ1n) is 17.3. The van der Waals surface area contributed by atoms with Gasteiger partial charge in [-0.25, -0.2) is 0 Å². The molecular formula is C42H55N. The summed E-state index contributed by atoms with van der Waals surface area (Å²) < 4.78 is 0. The van der Waals surface area contributed by atoms with E-state index >= 15 is 0 Å². The Kier molecular flexibility index (Phi) is 14.6. The maximum absolute atomic E-state index is 3.66. The van der Waals surface area contributed by atoms with E-state index in [4.69, 9.17) is 0 Å². The number of aryl methyl sites for hydroxylation is 4. The highest BCUT2D eigenvalue weighted by molar-refractivity contribution is 5.64. The van der Waals surface area contributed by atoms with Crippen LogP contribution < -0.4 is 5.32 Å². The van der Waals surface area contributed by atoms with Gasteiger partial charge < -0.3 is 5.32 Å². The Labute approximate surface area is 263 Å². The summed E-state index contributed by atoms with van der Waals surface area (Å²) in [6, 6.07) is 36.8. The Bertz CT molecular complexity index is 1160. The van der Waals surface area contributed by atoms with Crippen LogP contribution in [0.15, 0.2) is 97.1 Å². The highest BCUT2D eigenvalue weighted by Gasteiger charge is 2.02. The molecule has 0 saturated carbocycles. The molecule has 0 radical (unpaired) electrons. The van der Waals surface area contributed by atoms with Crippen molar-refractivity contribution < 1.29 is 0 Å². The zero-order chi connectivity index (χ0) is 30.0. The average molecular weight is 574 g/mol. The van der Waals surface area contributed by atoms with Gasteiger partial charge in [0.25, 0.3) is 0 Å². The van der Waals surface area contributed by atoms with Gasteiger partial charge in [0.1, 0.15) is 0 Å². The van der Waals surface area contributed by atoms with Gasteiger partial charge >= 0.3 is 0 Å². The van der Waals surface area contributed by atoms with Gasteiger partial charge in [-0.05, 0) is 122 Å². The molecule has 0 atom stereocenters. The second-order valence-electron chi connectivity index (χ2n) is 12.4. The largest absolute Gasteiger partial charge is 0.317 e. The summed E-state index contributed by atoms with van der Waals surface area (Å²) in [7, 11) is 0. The first kappa shape index (κ1) is 32.7. The standard InChI is InChI=1S/C42H55N/c1-3-5-7-13-35-17-25-39(26-18-35)41-29-21-37(22-30-41)15-9-11-33-43-34-12-10-16-38-23-31-42(32-24-38)40-27-19-36(20-28-40)14-8-6-4-2/h17-32,43H,3-16,33-34H2,1-2H3. The van der Waals surface area contributed by atoms with Crippen LogP contribution in [0.4, 0.5) is 0 Å². The van der Waals surface area contributed by atoms with E-state index in [0.29, 0.717) is 0 Å². The molecule has 0 aliphatic rings. The third-order valence-electron chi connectivity index (χ3n) is 8.76. The van der Waals surface area contributed by atoms with Crippen LogP contribution >= 0.6 is 0 Å². The molecule has 0 aliphatic heterocycles. The Balaban J connectivity index is 1.04. The smallest absolute Gasteiger partial charge is 0.00488 e. The van der Waals surface area contributed by atoms with E-state index in [1.54, 1.807) is 0 Å². The first-order valence-corrected chi connectivity index (χ1v) is 17.3. The molecule has 4 rings (SSSR count). The molecule has 1 heteroatoms. The normalized spacial score (nSPS) is 11.2. The van der Waals surface area contributed by atoms with Gasteiger partial charge in [0.05, 0.1) is 0 Å². The van der Waals surface area contributed by atoms with Gasteiger partial charge in [-0.1, -0.05) is 137 Å². The molecular weight excluding hydrogens is 518 g/mol. The van der Waals surface area contributed by atoms with Crippen molar-refractivity contribution in [3.63, 3.8) is 0 Å². The van der Waals surface area contributed by atoms with Gasteiger partial charge in [0.15, 0.2) is 0 Å². The molecule has 228 valence electrons. The minimum atomic E-state index is 1.12. The van der Waals surface area contributed by atoms with Crippen molar-refractivity contribution in [1.82, 2.24) is 5.32 Å². The molecule has 1 N–H and O–H groups in total. The molecule has 0 aliphatic carbocycles. The van der Waals surface area contributed by atoms with E-state index in [1.165, 1.54) is 122 Å². The van der Waals surface area contributed by atoms with Gasteiger partial charge in [-0.2, -0.15) is 0 Å². The molecule has 43 heavy (non-hydrogen) atoms. The van der Waals surface area contributed by atoms with Crippen LogP contribution in [0.25, 0.3) is 22.3 Å². The SMILES string of the molecule is CCCCCc1ccc(-c2ccc(CCCCNCCCCc3ccc(-c4ccc(CCCCC)cc4)cc3)cc2)cc1. The van der Waals surface area contributed by atoms with Crippen molar-refractivity contribution in [3.8, 4) is 22.3 Å². The van der Waals surface area contributed by atoms with E-state index in [9.17, 15) is 0 Å². The summed E-state index contributed by atoms with van der Waals surface area (Å²) in [6.07, 6.45) is 17.5. The van der Waals surface area contributed by atoms with Crippen LogP contribution in [0.2, 0.25) is 0 Å². The van der Waals surface area contributed by atoms with Crippen molar-refractivity contribution in [2.24, 2.45) is 0 Å². The fraction of sp³-hybridized carbons (Fsp3) is 0.429. The summed E-state index contributed by atoms with van der Waals surface area (Å²) in [5, 5.41) is 3.66. The molecule has 0 spiro atoms. The summed E-state index contributed by atoms with van der Waals surface area (Å²) in [6.45, 7) is 6.77. The van der Waals surface area contributed by atoms with E-state index in [-0.39, 0.29) is 0 Å². The fourth-order valence-electron chi connectivity index (χ4n) is 5.90. The van der Waals surface area contributed by atoms with Crippen molar-refractivity contribution in [3.05, 3.63) is 119 Å². The summed E-state index contributed by atoms with van der Waals surface area (Å²) in [4.78, 5) is 0. The lowest BCUT2D eigenvalue weighted by Gasteiger charge is -2.08. The Morgan fingerprint density at radius 3 is 0.837 bits per heavy atom. The quantitative estimate of drug-likeness (QED) is 0.104. The van der Waals surface area contributed by atoms with Gasteiger partial charge in [0.2, 0.25) is 0 Å². The second kappa shape index (κ2) is 19.2. The van der Waals surface area contributed by atoms with Crippen molar-refractivity contribution in [1.29, 1.82) is 0 Å². The third-order valence-corrected chi connectivity index (χ3v) is 8.76. The van der Waals surface area contributed by atoms with Crippen LogP contribution in [-0.4, -0.2) is 13.1 Å². The maximum Gasteiger partial charge on any atom is -0.00488 e. The van der Waals surface area contributed by atoms with E-state index in [2.05, 4.69) is 116 Å². The minimum absolute atomic E-state index is 1.12.